The Morgan fingerprint density at radius 3 is 2.65 bits per heavy atom. The van der Waals surface area contributed by atoms with Crippen LogP contribution >= 0.6 is 11.8 Å². The number of rotatable bonds is 5. The van der Waals surface area contributed by atoms with Gasteiger partial charge in [-0.15, -0.1) is 11.8 Å². The summed E-state index contributed by atoms with van der Waals surface area (Å²) in [5.74, 6) is 6.16. The molecule has 1 unspecified atom stereocenters. The summed E-state index contributed by atoms with van der Waals surface area (Å²) < 4.78 is 13.6. The van der Waals surface area contributed by atoms with Crippen molar-refractivity contribution in [2.45, 2.75) is 24.8 Å². The Hall–Kier alpha value is -1.36. The lowest BCUT2D eigenvalue weighted by atomic mass is 10.1. The van der Waals surface area contributed by atoms with Gasteiger partial charge in [-0.1, -0.05) is 29.8 Å². The van der Waals surface area contributed by atoms with Crippen LogP contribution in [-0.4, -0.2) is 5.75 Å². The second-order valence-electron chi connectivity index (χ2n) is 4.86. The van der Waals surface area contributed by atoms with Crippen LogP contribution in [0.5, 0.6) is 0 Å². The fourth-order valence-corrected chi connectivity index (χ4v) is 3.04. The van der Waals surface area contributed by atoms with Gasteiger partial charge in [0.1, 0.15) is 5.82 Å². The van der Waals surface area contributed by atoms with Crippen LogP contribution in [0.4, 0.5) is 4.39 Å². The molecule has 0 aliphatic heterocycles. The van der Waals surface area contributed by atoms with E-state index in [1.165, 1.54) is 10.5 Å². The van der Waals surface area contributed by atoms with Gasteiger partial charge in [0.25, 0.3) is 0 Å². The molecule has 2 aromatic carbocycles. The molecule has 1 atom stereocenters. The lowest BCUT2D eigenvalue weighted by Crippen LogP contribution is -2.29. The molecule has 0 aliphatic rings. The number of nitrogens with one attached hydrogen (secondary N) is 1. The Kier molecular flexibility index (Phi) is 5.17. The molecule has 0 saturated heterocycles. The van der Waals surface area contributed by atoms with Gasteiger partial charge < -0.3 is 0 Å². The summed E-state index contributed by atoms with van der Waals surface area (Å²) in [6.07, 6.45) is 0. The predicted molar refractivity (Wildman–Crippen MR) is 83.1 cm³/mol. The molecule has 20 heavy (non-hydrogen) atoms. The maximum atomic E-state index is 13.6. The third-order valence-electron chi connectivity index (χ3n) is 3.21. The number of benzene rings is 2. The molecular weight excluding hydrogens is 271 g/mol. The Balaban J connectivity index is 2.07. The third-order valence-corrected chi connectivity index (χ3v) is 4.29. The highest BCUT2D eigenvalue weighted by Crippen LogP contribution is 2.25. The molecule has 0 fully saturated rings. The van der Waals surface area contributed by atoms with Crippen LogP contribution in [0.1, 0.15) is 22.7 Å². The van der Waals surface area contributed by atoms with Crippen molar-refractivity contribution >= 4 is 11.8 Å². The fraction of sp³-hybridized carbons (Fsp3) is 0.250. The lowest BCUT2D eigenvalue weighted by molar-refractivity contribution is 0.587. The van der Waals surface area contributed by atoms with Crippen molar-refractivity contribution in [3.63, 3.8) is 0 Å². The van der Waals surface area contributed by atoms with Crippen molar-refractivity contribution in [1.29, 1.82) is 0 Å². The summed E-state index contributed by atoms with van der Waals surface area (Å²) in [7, 11) is 0. The fourth-order valence-electron chi connectivity index (χ4n) is 1.95. The van der Waals surface area contributed by atoms with Gasteiger partial charge in [-0.2, -0.15) is 0 Å². The Bertz CT molecular complexity index is 586. The number of nitrogens with two attached hydrogens (primary N) is 1. The van der Waals surface area contributed by atoms with Crippen LogP contribution in [0.25, 0.3) is 0 Å². The van der Waals surface area contributed by atoms with Crippen molar-refractivity contribution in [3.8, 4) is 0 Å². The number of thioether (sulfide) groups is 1. The van der Waals surface area contributed by atoms with Crippen LogP contribution in [-0.2, 0) is 0 Å². The van der Waals surface area contributed by atoms with Crippen molar-refractivity contribution in [1.82, 2.24) is 5.43 Å². The summed E-state index contributed by atoms with van der Waals surface area (Å²) in [4.78, 5) is 1.19. The molecule has 0 spiro atoms. The van der Waals surface area contributed by atoms with Gasteiger partial charge in [0, 0.05) is 10.6 Å². The summed E-state index contributed by atoms with van der Waals surface area (Å²) >= 11 is 1.71. The first-order valence-corrected chi connectivity index (χ1v) is 7.50. The van der Waals surface area contributed by atoms with Gasteiger partial charge in [-0.05, 0) is 43.2 Å². The van der Waals surface area contributed by atoms with Crippen molar-refractivity contribution in [3.05, 3.63) is 65.0 Å². The van der Waals surface area contributed by atoms with Gasteiger partial charge in [0.2, 0.25) is 0 Å². The SMILES string of the molecule is Cc1cccc(SCC(NN)c2ccc(C)c(F)c2)c1. The number of hydrogen-bond acceptors (Lipinski definition) is 3. The van der Waals surface area contributed by atoms with Crippen LogP contribution in [0.2, 0.25) is 0 Å². The van der Waals surface area contributed by atoms with Crippen LogP contribution in [0, 0.1) is 19.7 Å². The standard InChI is InChI=1S/C16H19FN2S/c1-11-4-3-5-14(8-11)20-10-16(19-18)13-7-6-12(2)15(17)9-13/h3-9,16,19H,10,18H2,1-2H3. The predicted octanol–water partition coefficient (Wildman–Crippen LogP) is 3.74. The highest BCUT2D eigenvalue weighted by molar-refractivity contribution is 7.99. The van der Waals surface area contributed by atoms with Crippen molar-refractivity contribution in [2.24, 2.45) is 5.84 Å². The molecule has 0 aromatic heterocycles. The highest BCUT2D eigenvalue weighted by Gasteiger charge is 2.12. The first-order valence-electron chi connectivity index (χ1n) is 6.52. The minimum absolute atomic E-state index is 0.0735. The molecule has 0 heterocycles. The topological polar surface area (TPSA) is 38.0 Å². The summed E-state index contributed by atoms with van der Waals surface area (Å²) in [6.45, 7) is 3.82. The zero-order chi connectivity index (χ0) is 14.5. The molecule has 2 nitrogen and oxygen atoms in total. The molecule has 2 aromatic rings. The van der Waals surface area contributed by atoms with Crippen molar-refractivity contribution < 1.29 is 4.39 Å². The number of halogens is 1. The summed E-state index contributed by atoms with van der Waals surface area (Å²) in [5.41, 5.74) is 5.51. The summed E-state index contributed by atoms with van der Waals surface area (Å²) in [5, 5.41) is 0. The van der Waals surface area contributed by atoms with E-state index in [2.05, 4.69) is 30.5 Å². The van der Waals surface area contributed by atoms with Crippen molar-refractivity contribution in [2.75, 3.05) is 5.75 Å². The minimum Gasteiger partial charge on any atom is -0.271 e. The molecule has 4 heteroatoms. The molecular formula is C16H19FN2S. The average molecular weight is 290 g/mol. The summed E-state index contributed by atoms with van der Waals surface area (Å²) in [6, 6.07) is 13.5. The molecule has 0 aliphatic carbocycles. The number of aryl methyl sites for hydroxylation is 2. The van der Waals surface area contributed by atoms with E-state index < -0.39 is 0 Å². The van der Waals surface area contributed by atoms with Crippen LogP contribution < -0.4 is 11.3 Å². The van der Waals surface area contributed by atoms with E-state index in [1.54, 1.807) is 30.8 Å². The van der Waals surface area contributed by atoms with Crippen LogP contribution in [0.15, 0.2) is 47.4 Å². The molecule has 0 amide bonds. The molecule has 3 N–H and O–H groups in total. The van der Waals surface area contributed by atoms with E-state index in [1.807, 2.05) is 12.1 Å². The molecule has 0 radical (unpaired) electrons. The quantitative estimate of drug-likeness (QED) is 0.500. The molecule has 106 valence electrons. The van der Waals surface area contributed by atoms with E-state index in [-0.39, 0.29) is 11.9 Å². The van der Waals surface area contributed by atoms with E-state index in [4.69, 9.17) is 5.84 Å². The second kappa shape index (κ2) is 6.88. The zero-order valence-corrected chi connectivity index (χ0v) is 12.5. The zero-order valence-electron chi connectivity index (χ0n) is 11.7. The van der Waals surface area contributed by atoms with Gasteiger partial charge >= 0.3 is 0 Å². The Morgan fingerprint density at radius 1 is 1.20 bits per heavy atom. The van der Waals surface area contributed by atoms with Crippen LogP contribution in [0.3, 0.4) is 0 Å². The Morgan fingerprint density at radius 2 is 2.00 bits per heavy atom. The van der Waals surface area contributed by atoms with Gasteiger partial charge in [0.05, 0.1) is 6.04 Å². The molecule has 0 bridgehead atoms. The first kappa shape index (κ1) is 15.0. The molecule has 0 saturated carbocycles. The smallest absolute Gasteiger partial charge is 0.126 e. The average Bonchev–Trinajstić information content (AvgIpc) is 2.43. The van der Waals surface area contributed by atoms with E-state index in [0.717, 1.165) is 11.3 Å². The normalized spacial score (nSPS) is 12.4. The number of hydrazine groups is 1. The lowest BCUT2D eigenvalue weighted by Gasteiger charge is -2.16. The second-order valence-corrected chi connectivity index (χ2v) is 5.95. The maximum Gasteiger partial charge on any atom is 0.126 e. The van der Waals surface area contributed by atoms with Gasteiger partial charge in [-0.3, -0.25) is 11.3 Å². The van der Waals surface area contributed by atoms with E-state index in [0.29, 0.717) is 5.56 Å². The maximum absolute atomic E-state index is 13.6. The minimum atomic E-state index is -0.191. The van der Waals surface area contributed by atoms with Gasteiger partial charge in [0.15, 0.2) is 0 Å². The molecule has 2 rings (SSSR count). The number of hydrogen-bond donors (Lipinski definition) is 2. The monoisotopic (exact) mass is 290 g/mol. The highest BCUT2D eigenvalue weighted by atomic mass is 32.2. The van der Waals surface area contributed by atoms with Gasteiger partial charge in [-0.25, -0.2) is 4.39 Å². The third kappa shape index (κ3) is 3.82. The first-order chi connectivity index (χ1) is 9.60. The van der Waals surface area contributed by atoms with E-state index >= 15 is 0 Å². The van der Waals surface area contributed by atoms with E-state index in [9.17, 15) is 4.39 Å². The Labute approximate surface area is 123 Å². The largest absolute Gasteiger partial charge is 0.271 e.